The number of fused-ring (bicyclic) bond motifs is 2. The summed E-state index contributed by atoms with van der Waals surface area (Å²) in [5, 5.41) is 17.3. The Morgan fingerprint density at radius 2 is 1.98 bits per heavy atom. The fraction of sp³-hybridized carbons (Fsp3) is 0.387. The van der Waals surface area contributed by atoms with Crippen molar-refractivity contribution in [1.82, 2.24) is 29.7 Å². The van der Waals surface area contributed by atoms with Crippen LogP contribution < -0.4 is 15.4 Å². The molecule has 8 nitrogen and oxygen atoms in total. The number of aromatic nitrogens is 5. The molecule has 0 aliphatic heterocycles. The van der Waals surface area contributed by atoms with Gasteiger partial charge < -0.3 is 15.4 Å². The van der Waals surface area contributed by atoms with Crippen LogP contribution in [0.15, 0.2) is 67.3 Å². The number of hydrogen-bond donors (Lipinski definition) is 2. The summed E-state index contributed by atoms with van der Waals surface area (Å²) in [6.07, 6.45) is 13.7. The van der Waals surface area contributed by atoms with Crippen molar-refractivity contribution >= 4 is 27.9 Å². The van der Waals surface area contributed by atoms with E-state index in [1.54, 1.807) is 18.5 Å². The number of ether oxygens (including phenoxy) is 1. The zero-order valence-electron chi connectivity index (χ0n) is 22.7. The summed E-state index contributed by atoms with van der Waals surface area (Å²) < 4.78 is 23.9. The summed E-state index contributed by atoms with van der Waals surface area (Å²) in [5.74, 6) is 1.25. The summed E-state index contributed by atoms with van der Waals surface area (Å²) in [5.41, 5.74) is 3.93. The molecule has 40 heavy (non-hydrogen) atoms. The van der Waals surface area contributed by atoms with E-state index in [-0.39, 0.29) is 11.9 Å². The maximum absolute atomic E-state index is 13.6. The summed E-state index contributed by atoms with van der Waals surface area (Å²) in [4.78, 5) is 4.57. The van der Waals surface area contributed by atoms with E-state index >= 15 is 0 Å². The normalized spacial score (nSPS) is 20.4. The van der Waals surface area contributed by atoms with E-state index in [9.17, 15) is 4.39 Å². The number of hydrogen-bond acceptors (Lipinski definition) is 6. The molecule has 0 radical (unpaired) electrons. The molecule has 2 aliphatic carbocycles. The van der Waals surface area contributed by atoms with Gasteiger partial charge in [0, 0.05) is 34.9 Å². The van der Waals surface area contributed by atoms with E-state index < -0.39 is 0 Å². The van der Waals surface area contributed by atoms with E-state index in [4.69, 9.17) is 4.74 Å². The van der Waals surface area contributed by atoms with Crippen molar-refractivity contribution in [3.8, 4) is 5.75 Å². The third kappa shape index (κ3) is 5.25. The Morgan fingerprint density at radius 1 is 1.05 bits per heavy atom. The predicted octanol–water partition coefficient (Wildman–Crippen LogP) is 6.23. The second-order valence-corrected chi connectivity index (χ2v) is 11.6. The van der Waals surface area contributed by atoms with E-state index in [1.165, 1.54) is 31.7 Å². The second kappa shape index (κ2) is 10.2. The highest BCUT2D eigenvalue weighted by atomic mass is 19.1. The van der Waals surface area contributed by atoms with Crippen LogP contribution in [0.4, 0.5) is 15.9 Å². The molecule has 206 valence electrons. The molecule has 2 aromatic carbocycles. The fourth-order valence-electron chi connectivity index (χ4n) is 5.88. The summed E-state index contributed by atoms with van der Waals surface area (Å²) >= 11 is 0. The number of halogens is 1. The third-order valence-corrected chi connectivity index (χ3v) is 8.30. The molecular formula is C31H34FN7O. The summed E-state index contributed by atoms with van der Waals surface area (Å²) in [6, 6.07) is 15.3. The zero-order valence-corrected chi connectivity index (χ0v) is 22.7. The van der Waals surface area contributed by atoms with Gasteiger partial charge in [0.15, 0.2) is 11.6 Å². The van der Waals surface area contributed by atoms with Gasteiger partial charge in [-0.05, 0) is 87.8 Å². The van der Waals surface area contributed by atoms with Gasteiger partial charge in [-0.1, -0.05) is 12.1 Å². The molecule has 0 saturated heterocycles. The number of nitrogens with one attached hydrogen (secondary N) is 2. The van der Waals surface area contributed by atoms with Crippen LogP contribution in [0.25, 0.3) is 16.4 Å². The van der Waals surface area contributed by atoms with Crippen molar-refractivity contribution < 1.29 is 9.13 Å². The molecule has 2 unspecified atom stereocenters. The van der Waals surface area contributed by atoms with Crippen LogP contribution in [0.3, 0.4) is 0 Å². The molecule has 0 bridgehead atoms. The lowest BCUT2D eigenvalue weighted by Crippen LogP contribution is -2.37. The molecule has 2 fully saturated rings. The Balaban J connectivity index is 1.08. The molecule has 2 saturated carbocycles. The van der Waals surface area contributed by atoms with Gasteiger partial charge in [0.2, 0.25) is 0 Å². The molecule has 2 aliphatic rings. The highest BCUT2D eigenvalue weighted by molar-refractivity contribution is 5.86. The number of anilines is 2. The topological polar surface area (TPSA) is 81.3 Å². The van der Waals surface area contributed by atoms with Crippen molar-refractivity contribution in [2.75, 3.05) is 5.32 Å². The standard InChI is InChI=1S/C31H34FN7O/c1-31(13-14-31)37-24-6-3-7-26(10-8-24)40-28-12-15-38-29(28)30(33-20-35-38)36-25-9-11-27-22(17-25)18-34-39(27)19-21-4-2-5-23(32)16-21/h2,4-5,9,11-12,15-18,20,24,26,37H,3,6-8,10,13-14,19H2,1H3,(H,33,35,36). The van der Waals surface area contributed by atoms with Gasteiger partial charge in [-0.15, -0.1) is 0 Å². The van der Waals surface area contributed by atoms with E-state index in [0.29, 0.717) is 23.9 Å². The van der Waals surface area contributed by atoms with E-state index in [1.807, 2.05) is 51.9 Å². The smallest absolute Gasteiger partial charge is 0.162 e. The molecule has 0 amide bonds. The highest BCUT2D eigenvalue weighted by Gasteiger charge is 2.39. The van der Waals surface area contributed by atoms with Crippen LogP contribution in [-0.2, 0) is 6.54 Å². The van der Waals surface area contributed by atoms with Gasteiger partial charge in [0.25, 0.3) is 0 Å². The van der Waals surface area contributed by atoms with Crippen molar-refractivity contribution in [3.63, 3.8) is 0 Å². The Morgan fingerprint density at radius 3 is 2.85 bits per heavy atom. The molecule has 2 atom stereocenters. The van der Waals surface area contributed by atoms with Crippen LogP contribution in [0.1, 0.15) is 57.4 Å². The molecule has 0 spiro atoms. The van der Waals surface area contributed by atoms with Gasteiger partial charge in [-0.2, -0.15) is 10.2 Å². The molecule has 2 N–H and O–H groups in total. The molecule has 7 rings (SSSR count). The lowest BCUT2D eigenvalue weighted by atomic mass is 10.1. The quantitative estimate of drug-likeness (QED) is 0.228. The van der Waals surface area contributed by atoms with Crippen LogP contribution in [0, 0.1) is 5.82 Å². The first-order valence-electron chi connectivity index (χ1n) is 14.3. The largest absolute Gasteiger partial charge is 0.488 e. The Hall–Kier alpha value is -3.98. The number of rotatable bonds is 8. The minimum atomic E-state index is -0.242. The molecular weight excluding hydrogens is 505 g/mol. The minimum Gasteiger partial charge on any atom is -0.488 e. The third-order valence-electron chi connectivity index (χ3n) is 8.30. The fourth-order valence-corrected chi connectivity index (χ4v) is 5.88. The predicted molar refractivity (Wildman–Crippen MR) is 154 cm³/mol. The maximum atomic E-state index is 13.6. The van der Waals surface area contributed by atoms with Gasteiger partial charge in [0.1, 0.15) is 17.7 Å². The Kier molecular flexibility index (Phi) is 6.38. The SMILES string of the molecule is CC1(NC2CCCC(Oc3ccn4ncnc(Nc5ccc6c(cnn6Cc6cccc(F)c6)c5)c34)CC2)CC1. The van der Waals surface area contributed by atoms with Crippen LogP contribution in [-0.4, -0.2) is 42.1 Å². The van der Waals surface area contributed by atoms with Crippen LogP contribution >= 0.6 is 0 Å². The van der Waals surface area contributed by atoms with Gasteiger partial charge in [0.05, 0.1) is 24.4 Å². The minimum absolute atomic E-state index is 0.179. The maximum Gasteiger partial charge on any atom is 0.162 e. The van der Waals surface area contributed by atoms with Crippen molar-refractivity contribution in [3.05, 3.63) is 78.6 Å². The first-order valence-corrected chi connectivity index (χ1v) is 14.3. The van der Waals surface area contributed by atoms with Crippen molar-refractivity contribution in [1.29, 1.82) is 0 Å². The average molecular weight is 540 g/mol. The van der Waals surface area contributed by atoms with Gasteiger partial charge in [-0.25, -0.2) is 13.9 Å². The van der Waals surface area contributed by atoms with Crippen molar-refractivity contribution in [2.24, 2.45) is 0 Å². The lowest BCUT2D eigenvalue weighted by molar-refractivity contribution is 0.184. The highest BCUT2D eigenvalue weighted by Crippen LogP contribution is 2.37. The van der Waals surface area contributed by atoms with Crippen LogP contribution in [0.5, 0.6) is 5.75 Å². The zero-order chi connectivity index (χ0) is 27.1. The first kappa shape index (κ1) is 25.0. The van der Waals surface area contributed by atoms with E-state index in [2.05, 4.69) is 32.7 Å². The number of nitrogens with zero attached hydrogens (tertiary/aromatic N) is 5. The van der Waals surface area contributed by atoms with E-state index in [0.717, 1.165) is 52.7 Å². The molecule has 9 heteroatoms. The monoisotopic (exact) mass is 539 g/mol. The second-order valence-electron chi connectivity index (χ2n) is 11.6. The summed E-state index contributed by atoms with van der Waals surface area (Å²) in [7, 11) is 0. The van der Waals surface area contributed by atoms with Gasteiger partial charge in [-0.3, -0.25) is 4.68 Å². The van der Waals surface area contributed by atoms with Gasteiger partial charge >= 0.3 is 0 Å². The summed E-state index contributed by atoms with van der Waals surface area (Å²) in [6.45, 7) is 2.84. The Bertz CT molecular complexity index is 1660. The average Bonchev–Trinajstić information content (AvgIpc) is 3.42. The van der Waals surface area contributed by atoms with Crippen LogP contribution in [0.2, 0.25) is 0 Å². The Labute approximate surface area is 232 Å². The van der Waals surface area contributed by atoms with Crippen molar-refractivity contribution in [2.45, 2.75) is 76.1 Å². The molecule has 3 heterocycles. The number of benzene rings is 2. The lowest BCUT2D eigenvalue weighted by Gasteiger charge is -2.21. The molecule has 5 aromatic rings. The molecule has 3 aromatic heterocycles. The first-order chi connectivity index (χ1) is 19.5.